The summed E-state index contributed by atoms with van der Waals surface area (Å²) in [6, 6.07) is 3.95. The number of likely N-dealkylation sites (tertiary alicyclic amines) is 1. The molecule has 3 aliphatic rings. The number of piperidine rings is 2. The number of hydrogen-bond acceptors (Lipinski definition) is 6. The topological polar surface area (TPSA) is 81.2 Å². The van der Waals surface area contributed by atoms with Crippen LogP contribution in [0.25, 0.3) is 0 Å². The summed E-state index contributed by atoms with van der Waals surface area (Å²) in [5.74, 6) is 0.314. The Morgan fingerprint density at radius 1 is 0.865 bits per heavy atom. The van der Waals surface area contributed by atoms with E-state index >= 15 is 0 Å². The molecule has 3 aliphatic heterocycles. The van der Waals surface area contributed by atoms with Gasteiger partial charge in [-0.2, -0.15) is 8.61 Å². The Labute approximate surface area is 229 Å². The van der Waals surface area contributed by atoms with Gasteiger partial charge in [-0.1, -0.05) is 11.6 Å². The van der Waals surface area contributed by atoms with E-state index in [9.17, 15) is 16.8 Å². The molecule has 0 amide bonds. The van der Waals surface area contributed by atoms with Gasteiger partial charge in [0.15, 0.2) is 0 Å². The molecule has 0 spiro atoms. The summed E-state index contributed by atoms with van der Waals surface area (Å²) in [4.78, 5) is 5.15. The van der Waals surface area contributed by atoms with Crippen molar-refractivity contribution in [2.45, 2.75) is 63.3 Å². The van der Waals surface area contributed by atoms with Crippen LogP contribution in [0.3, 0.4) is 0 Å². The van der Waals surface area contributed by atoms with Gasteiger partial charge in [0.1, 0.15) is 0 Å². The third-order valence-corrected chi connectivity index (χ3v) is 12.8. The lowest BCUT2D eigenvalue weighted by atomic mass is 9.95. The number of halogens is 1. The van der Waals surface area contributed by atoms with Gasteiger partial charge in [0.2, 0.25) is 20.0 Å². The van der Waals surface area contributed by atoms with Gasteiger partial charge in [0.05, 0.1) is 10.6 Å². The monoisotopic (exact) mass is 574 g/mol. The SMILES string of the molecule is Cc1cc(S(=O)(=O)N2CCCC(CCCS(=O)(=O)N3CCN(C4CCN(C)CC4)CC3)C2)c(C)cc1Cl. The van der Waals surface area contributed by atoms with E-state index in [0.717, 1.165) is 63.8 Å². The first-order valence-corrected chi connectivity index (χ1v) is 17.1. The Morgan fingerprint density at radius 2 is 1.54 bits per heavy atom. The van der Waals surface area contributed by atoms with Crippen LogP contribution in [0.4, 0.5) is 0 Å². The molecule has 8 nitrogen and oxygen atoms in total. The summed E-state index contributed by atoms with van der Waals surface area (Å²) >= 11 is 6.18. The summed E-state index contributed by atoms with van der Waals surface area (Å²) in [5, 5.41) is 0.567. The molecule has 0 N–H and O–H groups in total. The Hall–Kier alpha value is -0.750. The molecular weight excluding hydrogens is 532 g/mol. The predicted molar refractivity (Wildman–Crippen MR) is 149 cm³/mol. The summed E-state index contributed by atoms with van der Waals surface area (Å²) in [5.41, 5.74) is 1.40. The minimum absolute atomic E-state index is 0.139. The van der Waals surface area contributed by atoms with Crippen LogP contribution in [0, 0.1) is 19.8 Å². The summed E-state index contributed by atoms with van der Waals surface area (Å²) in [7, 11) is -4.75. The number of benzene rings is 1. The maximum absolute atomic E-state index is 13.4. The quantitative estimate of drug-likeness (QED) is 0.474. The molecule has 1 aromatic rings. The molecule has 0 radical (unpaired) electrons. The normalized spacial score (nSPS) is 24.5. The molecule has 4 rings (SSSR count). The molecule has 3 saturated heterocycles. The van der Waals surface area contributed by atoms with Crippen LogP contribution in [-0.4, -0.2) is 106 Å². The molecule has 1 atom stereocenters. The number of nitrogens with zero attached hydrogens (tertiary/aromatic N) is 4. The van der Waals surface area contributed by atoms with Crippen LogP contribution in [-0.2, 0) is 20.0 Å². The van der Waals surface area contributed by atoms with Gasteiger partial charge >= 0.3 is 0 Å². The standard InChI is InChI=1S/C26H43ClN4O4S2/c1-21-19-26(22(2)18-25(21)27)37(34,35)31-10-4-6-23(20-31)7-5-17-36(32,33)30-15-13-29(14-16-30)24-8-11-28(3)12-9-24/h18-19,23-24H,4-17,20H2,1-3H3. The maximum atomic E-state index is 13.4. The van der Waals surface area contributed by atoms with Gasteiger partial charge < -0.3 is 4.90 Å². The van der Waals surface area contributed by atoms with Crippen LogP contribution in [0.1, 0.15) is 49.7 Å². The Balaban J connectivity index is 1.26. The van der Waals surface area contributed by atoms with E-state index in [0.29, 0.717) is 54.1 Å². The van der Waals surface area contributed by atoms with E-state index in [1.54, 1.807) is 27.7 Å². The second kappa shape index (κ2) is 12.2. The third-order valence-electron chi connectivity index (χ3n) is 8.44. The van der Waals surface area contributed by atoms with Crippen LogP contribution in [0.15, 0.2) is 17.0 Å². The van der Waals surface area contributed by atoms with Crippen LogP contribution < -0.4 is 0 Å². The highest BCUT2D eigenvalue weighted by atomic mass is 35.5. The van der Waals surface area contributed by atoms with Gasteiger partial charge in [-0.25, -0.2) is 16.8 Å². The van der Waals surface area contributed by atoms with E-state index in [4.69, 9.17) is 11.6 Å². The fourth-order valence-corrected chi connectivity index (χ4v) is 9.62. The van der Waals surface area contributed by atoms with Gasteiger partial charge in [0.25, 0.3) is 0 Å². The van der Waals surface area contributed by atoms with Crippen molar-refractivity contribution in [2.24, 2.45) is 5.92 Å². The average Bonchev–Trinajstić information content (AvgIpc) is 2.87. The minimum atomic E-state index is -3.61. The van der Waals surface area contributed by atoms with Crippen molar-refractivity contribution in [1.29, 1.82) is 0 Å². The van der Waals surface area contributed by atoms with E-state index in [1.807, 2.05) is 6.92 Å². The molecule has 3 fully saturated rings. The summed E-state index contributed by atoms with van der Waals surface area (Å²) < 4.78 is 56.1. The van der Waals surface area contributed by atoms with Crippen molar-refractivity contribution in [3.8, 4) is 0 Å². The first-order chi connectivity index (χ1) is 17.5. The average molecular weight is 575 g/mol. The molecule has 37 heavy (non-hydrogen) atoms. The second-order valence-electron chi connectivity index (χ2n) is 11.2. The third kappa shape index (κ3) is 7.07. The number of rotatable bonds is 8. The summed E-state index contributed by atoms with van der Waals surface area (Å²) in [6.45, 7) is 9.53. The highest BCUT2D eigenvalue weighted by Gasteiger charge is 2.33. The number of piperazine rings is 1. The van der Waals surface area contributed by atoms with Gasteiger partial charge in [-0.3, -0.25) is 4.90 Å². The van der Waals surface area contributed by atoms with Crippen LogP contribution in [0.5, 0.6) is 0 Å². The first-order valence-electron chi connectivity index (χ1n) is 13.6. The van der Waals surface area contributed by atoms with Crippen molar-refractivity contribution in [3.05, 3.63) is 28.3 Å². The fourth-order valence-electron chi connectivity index (χ4n) is 6.04. The van der Waals surface area contributed by atoms with E-state index in [-0.39, 0.29) is 11.7 Å². The smallest absolute Gasteiger partial charge is 0.243 e. The fraction of sp³-hybridized carbons (Fsp3) is 0.769. The van der Waals surface area contributed by atoms with Crippen LogP contribution >= 0.6 is 11.6 Å². The van der Waals surface area contributed by atoms with Gasteiger partial charge in [-0.15, -0.1) is 0 Å². The zero-order valence-electron chi connectivity index (χ0n) is 22.5. The number of sulfonamides is 2. The Bertz CT molecular complexity index is 1150. The molecule has 3 heterocycles. The molecule has 1 unspecified atom stereocenters. The first kappa shape index (κ1) is 29.2. The lowest BCUT2D eigenvalue weighted by Gasteiger charge is -2.41. The van der Waals surface area contributed by atoms with Gasteiger partial charge in [-0.05, 0) is 102 Å². The summed E-state index contributed by atoms with van der Waals surface area (Å²) in [6.07, 6.45) is 5.33. The molecule has 0 bridgehead atoms. The van der Waals surface area contributed by atoms with Crippen LogP contribution in [0.2, 0.25) is 5.02 Å². The van der Waals surface area contributed by atoms with Gasteiger partial charge in [0, 0.05) is 50.3 Å². The zero-order chi connectivity index (χ0) is 26.8. The molecular formula is C26H43ClN4O4S2. The number of aryl methyl sites for hydroxylation is 2. The molecule has 210 valence electrons. The minimum Gasteiger partial charge on any atom is -0.306 e. The van der Waals surface area contributed by atoms with E-state index in [1.165, 1.54) is 0 Å². The van der Waals surface area contributed by atoms with E-state index in [2.05, 4.69) is 16.8 Å². The molecule has 0 saturated carbocycles. The van der Waals surface area contributed by atoms with Crippen molar-refractivity contribution in [3.63, 3.8) is 0 Å². The lowest BCUT2D eigenvalue weighted by Crippen LogP contribution is -2.54. The van der Waals surface area contributed by atoms with Crippen molar-refractivity contribution >= 4 is 31.6 Å². The van der Waals surface area contributed by atoms with Crippen molar-refractivity contribution < 1.29 is 16.8 Å². The lowest BCUT2D eigenvalue weighted by molar-refractivity contribution is 0.0892. The highest BCUT2D eigenvalue weighted by molar-refractivity contribution is 7.89. The Morgan fingerprint density at radius 3 is 2.22 bits per heavy atom. The highest BCUT2D eigenvalue weighted by Crippen LogP contribution is 2.30. The number of hydrogen-bond donors (Lipinski definition) is 0. The van der Waals surface area contributed by atoms with Crippen molar-refractivity contribution in [1.82, 2.24) is 18.4 Å². The maximum Gasteiger partial charge on any atom is 0.243 e. The largest absolute Gasteiger partial charge is 0.306 e. The van der Waals surface area contributed by atoms with E-state index < -0.39 is 20.0 Å². The molecule has 1 aromatic carbocycles. The Kier molecular flexibility index (Phi) is 9.63. The van der Waals surface area contributed by atoms with Crippen molar-refractivity contribution in [2.75, 3.05) is 65.2 Å². The predicted octanol–water partition coefficient (Wildman–Crippen LogP) is 3.18. The molecule has 11 heteroatoms. The second-order valence-corrected chi connectivity index (χ2v) is 15.6. The molecule has 0 aromatic heterocycles. The molecule has 0 aliphatic carbocycles. The zero-order valence-corrected chi connectivity index (χ0v) is 24.9.